The summed E-state index contributed by atoms with van der Waals surface area (Å²) in [7, 11) is 0. The lowest BCUT2D eigenvalue weighted by Crippen LogP contribution is -2.17. The van der Waals surface area contributed by atoms with Gasteiger partial charge in [0, 0.05) is 17.2 Å². The van der Waals surface area contributed by atoms with Crippen molar-refractivity contribution >= 4 is 15.9 Å². The number of benzene rings is 1. The first kappa shape index (κ1) is 13.3. The zero-order valence-corrected chi connectivity index (χ0v) is 12.3. The summed E-state index contributed by atoms with van der Waals surface area (Å²) < 4.78 is 3.10. The molecule has 1 heterocycles. The number of rotatable bonds is 4. The Balaban J connectivity index is 2.32. The van der Waals surface area contributed by atoms with Crippen molar-refractivity contribution in [2.45, 2.75) is 32.9 Å². The van der Waals surface area contributed by atoms with Gasteiger partial charge < -0.3 is 5.73 Å². The molecule has 2 aromatic rings. The third kappa shape index (κ3) is 2.65. The fraction of sp³-hybridized carbons (Fsp3) is 0.357. The molecule has 2 N–H and O–H groups in total. The van der Waals surface area contributed by atoms with Gasteiger partial charge in [0.05, 0.1) is 11.7 Å². The van der Waals surface area contributed by atoms with Crippen molar-refractivity contribution in [3.05, 3.63) is 51.8 Å². The van der Waals surface area contributed by atoms with E-state index >= 15 is 0 Å². The van der Waals surface area contributed by atoms with Crippen molar-refractivity contribution in [1.82, 2.24) is 9.78 Å². The summed E-state index contributed by atoms with van der Waals surface area (Å²) in [5.74, 6) is 0. The molecule has 0 aliphatic carbocycles. The highest BCUT2D eigenvalue weighted by Crippen LogP contribution is 2.24. The van der Waals surface area contributed by atoms with Gasteiger partial charge in [0.15, 0.2) is 0 Å². The third-order valence-electron chi connectivity index (χ3n) is 3.04. The molecule has 0 aliphatic heterocycles. The quantitative estimate of drug-likeness (QED) is 0.940. The fourth-order valence-electron chi connectivity index (χ4n) is 2.04. The molecule has 3 nitrogen and oxygen atoms in total. The van der Waals surface area contributed by atoms with E-state index in [1.54, 1.807) is 0 Å². The average molecular weight is 308 g/mol. The maximum Gasteiger partial charge on any atom is 0.0723 e. The molecular weight excluding hydrogens is 290 g/mol. The summed E-state index contributed by atoms with van der Waals surface area (Å²) in [6.07, 6.45) is 2.87. The van der Waals surface area contributed by atoms with Gasteiger partial charge in [-0.2, -0.15) is 5.10 Å². The van der Waals surface area contributed by atoms with Crippen LogP contribution in [0.4, 0.5) is 0 Å². The normalized spacial score (nSPS) is 12.7. The molecule has 18 heavy (non-hydrogen) atoms. The van der Waals surface area contributed by atoms with E-state index in [0.29, 0.717) is 0 Å². The molecule has 96 valence electrons. The molecule has 1 aromatic heterocycles. The molecule has 2 rings (SSSR count). The van der Waals surface area contributed by atoms with Crippen LogP contribution in [0.25, 0.3) is 0 Å². The lowest BCUT2D eigenvalue weighted by atomic mass is 10.0. The van der Waals surface area contributed by atoms with Gasteiger partial charge in [0.1, 0.15) is 0 Å². The highest BCUT2D eigenvalue weighted by atomic mass is 79.9. The molecule has 0 fully saturated rings. The lowest BCUT2D eigenvalue weighted by Gasteiger charge is -2.15. The van der Waals surface area contributed by atoms with Gasteiger partial charge in [-0.1, -0.05) is 35.0 Å². The first-order valence-corrected chi connectivity index (χ1v) is 6.96. The van der Waals surface area contributed by atoms with E-state index in [9.17, 15) is 0 Å². The molecule has 0 spiro atoms. The Morgan fingerprint density at radius 2 is 2.17 bits per heavy atom. The Hall–Kier alpha value is -1.13. The molecule has 0 amide bonds. The van der Waals surface area contributed by atoms with Gasteiger partial charge in [0.2, 0.25) is 0 Å². The van der Waals surface area contributed by atoms with Crippen LogP contribution in [0.15, 0.2) is 34.9 Å². The number of aryl methyl sites for hydroxylation is 2. The maximum absolute atomic E-state index is 6.33. The lowest BCUT2D eigenvalue weighted by molar-refractivity contribution is 0.559. The van der Waals surface area contributed by atoms with E-state index in [1.807, 2.05) is 23.0 Å². The molecule has 0 saturated carbocycles. The second-order valence-corrected chi connectivity index (χ2v) is 5.32. The summed E-state index contributed by atoms with van der Waals surface area (Å²) >= 11 is 3.51. The third-order valence-corrected chi connectivity index (χ3v) is 3.93. The van der Waals surface area contributed by atoms with Crippen molar-refractivity contribution < 1.29 is 0 Å². The summed E-state index contributed by atoms with van der Waals surface area (Å²) in [5, 5.41) is 4.32. The smallest absolute Gasteiger partial charge is 0.0723 e. The molecular formula is C14H18BrN3. The van der Waals surface area contributed by atoms with Gasteiger partial charge in [0.25, 0.3) is 0 Å². The van der Waals surface area contributed by atoms with Gasteiger partial charge >= 0.3 is 0 Å². The summed E-state index contributed by atoms with van der Waals surface area (Å²) in [6.45, 7) is 5.12. The highest BCUT2D eigenvalue weighted by molar-refractivity contribution is 9.10. The summed E-state index contributed by atoms with van der Waals surface area (Å²) in [4.78, 5) is 0. The predicted molar refractivity (Wildman–Crippen MR) is 77.4 cm³/mol. The van der Waals surface area contributed by atoms with Crippen LogP contribution in [0.5, 0.6) is 0 Å². The zero-order valence-electron chi connectivity index (χ0n) is 10.7. The van der Waals surface area contributed by atoms with Crippen molar-refractivity contribution in [2.24, 2.45) is 5.73 Å². The van der Waals surface area contributed by atoms with E-state index in [0.717, 1.165) is 28.7 Å². The first-order valence-electron chi connectivity index (χ1n) is 6.16. The molecule has 0 aliphatic rings. The SMILES string of the molecule is CCCn1nccc1C(N)c1ccc(Br)c(C)c1. The average Bonchev–Trinajstić information content (AvgIpc) is 2.80. The van der Waals surface area contributed by atoms with Crippen LogP contribution in [0, 0.1) is 6.92 Å². The van der Waals surface area contributed by atoms with Gasteiger partial charge in [-0.3, -0.25) is 4.68 Å². The Labute approximate surface area is 116 Å². The number of aromatic nitrogens is 2. The second kappa shape index (κ2) is 5.67. The van der Waals surface area contributed by atoms with Crippen molar-refractivity contribution in [2.75, 3.05) is 0 Å². The van der Waals surface area contributed by atoms with Gasteiger partial charge in [-0.15, -0.1) is 0 Å². The Morgan fingerprint density at radius 3 is 2.83 bits per heavy atom. The molecule has 0 radical (unpaired) electrons. The van der Waals surface area contributed by atoms with Crippen molar-refractivity contribution in [1.29, 1.82) is 0 Å². The minimum atomic E-state index is -0.120. The van der Waals surface area contributed by atoms with E-state index in [2.05, 4.69) is 47.0 Å². The van der Waals surface area contributed by atoms with Gasteiger partial charge in [-0.25, -0.2) is 0 Å². The van der Waals surface area contributed by atoms with Crippen LogP contribution in [-0.4, -0.2) is 9.78 Å². The number of nitrogens with two attached hydrogens (primary N) is 1. The molecule has 0 bridgehead atoms. The van der Waals surface area contributed by atoms with Crippen LogP contribution in [0.1, 0.15) is 36.2 Å². The molecule has 1 atom stereocenters. The number of nitrogens with zero attached hydrogens (tertiary/aromatic N) is 2. The molecule has 0 saturated heterocycles. The molecule has 1 aromatic carbocycles. The van der Waals surface area contributed by atoms with Crippen molar-refractivity contribution in [3.63, 3.8) is 0 Å². The largest absolute Gasteiger partial charge is 0.319 e. The summed E-state index contributed by atoms with van der Waals surface area (Å²) in [5.41, 5.74) is 9.72. The van der Waals surface area contributed by atoms with Crippen LogP contribution in [0.3, 0.4) is 0 Å². The van der Waals surface area contributed by atoms with E-state index in [4.69, 9.17) is 5.73 Å². The number of halogens is 1. The van der Waals surface area contributed by atoms with E-state index in [1.165, 1.54) is 5.56 Å². The number of hydrogen-bond donors (Lipinski definition) is 1. The molecule has 4 heteroatoms. The van der Waals surface area contributed by atoms with E-state index in [-0.39, 0.29) is 6.04 Å². The van der Waals surface area contributed by atoms with Crippen LogP contribution < -0.4 is 5.73 Å². The van der Waals surface area contributed by atoms with Crippen LogP contribution in [-0.2, 0) is 6.54 Å². The van der Waals surface area contributed by atoms with Crippen molar-refractivity contribution in [3.8, 4) is 0 Å². The maximum atomic E-state index is 6.33. The minimum Gasteiger partial charge on any atom is -0.319 e. The summed E-state index contributed by atoms with van der Waals surface area (Å²) in [6, 6.07) is 8.11. The standard InChI is InChI=1S/C14H18BrN3/c1-3-8-18-13(6-7-17-18)14(16)11-4-5-12(15)10(2)9-11/h4-7,9,14H,3,8,16H2,1-2H3. The monoisotopic (exact) mass is 307 g/mol. The number of hydrogen-bond acceptors (Lipinski definition) is 2. The van der Waals surface area contributed by atoms with Gasteiger partial charge in [-0.05, 0) is 36.6 Å². The van der Waals surface area contributed by atoms with E-state index < -0.39 is 0 Å². The topological polar surface area (TPSA) is 43.8 Å². The molecule has 1 unspecified atom stereocenters. The first-order chi connectivity index (χ1) is 8.63. The second-order valence-electron chi connectivity index (χ2n) is 4.47. The highest BCUT2D eigenvalue weighted by Gasteiger charge is 2.14. The van der Waals surface area contributed by atoms with Crippen LogP contribution >= 0.6 is 15.9 Å². The zero-order chi connectivity index (χ0) is 13.1. The predicted octanol–water partition coefficient (Wildman–Crippen LogP) is 3.41. The Morgan fingerprint density at radius 1 is 1.39 bits per heavy atom. The fourth-order valence-corrected chi connectivity index (χ4v) is 2.28. The van der Waals surface area contributed by atoms with Crippen LogP contribution in [0.2, 0.25) is 0 Å². The Kier molecular flexibility index (Phi) is 4.19. The minimum absolute atomic E-state index is 0.120. The Bertz CT molecular complexity index is 534.